The Hall–Kier alpha value is -3.21. The maximum Gasteiger partial charge on any atom is 0.235 e. The maximum absolute atomic E-state index is 12.7. The second-order valence-corrected chi connectivity index (χ2v) is 6.46. The van der Waals surface area contributed by atoms with Gasteiger partial charge in [-0.05, 0) is 30.2 Å². The first-order valence-electron chi connectivity index (χ1n) is 8.28. The molecule has 0 amide bonds. The smallest absolute Gasteiger partial charge is 0.235 e. The molecule has 0 fully saturated rings. The third-order valence-electron chi connectivity index (χ3n) is 4.93. The summed E-state index contributed by atoms with van der Waals surface area (Å²) in [5.41, 5.74) is 4.02. The highest BCUT2D eigenvalue weighted by atomic mass is 16.3. The van der Waals surface area contributed by atoms with E-state index in [0.29, 0.717) is 24.2 Å². The van der Waals surface area contributed by atoms with Crippen LogP contribution in [0.15, 0.2) is 54.7 Å². The average molecular weight is 329 g/mol. The number of phenolic OH excluding ortho intramolecular Hbond substituents is 1. The normalized spacial score (nSPS) is 17.1. The van der Waals surface area contributed by atoms with Crippen molar-refractivity contribution in [3.63, 3.8) is 0 Å². The van der Waals surface area contributed by atoms with Crippen molar-refractivity contribution in [2.75, 3.05) is 0 Å². The van der Waals surface area contributed by atoms with Crippen LogP contribution in [-0.4, -0.2) is 25.3 Å². The van der Waals surface area contributed by atoms with Crippen molar-refractivity contribution in [2.24, 2.45) is 0 Å². The summed E-state index contributed by atoms with van der Waals surface area (Å²) in [6, 6.07) is 15.0. The maximum atomic E-state index is 12.7. The van der Waals surface area contributed by atoms with Crippen molar-refractivity contribution in [2.45, 2.75) is 18.8 Å². The lowest BCUT2D eigenvalue weighted by Gasteiger charge is -2.23. The fourth-order valence-electron chi connectivity index (χ4n) is 3.70. The topological polar surface area (TPSA) is 67.5 Å². The van der Waals surface area contributed by atoms with Gasteiger partial charge in [-0.3, -0.25) is 9.20 Å². The van der Waals surface area contributed by atoms with Crippen molar-refractivity contribution in [1.82, 2.24) is 14.4 Å². The molecule has 122 valence electrons. The lowest BCUT2D eigenvalue weighted by molar-refractivity contribution is 0.0962. The molecule has 0 saturated heterocycles. The van der Waals surface area contributed by atoms with Crippen molar-refractivity contribution >= 4 is 22.6 Å². The summed E-state index contributed by atoms with van der Waals surface area (Å²) < 4.78 is 1.88. The second-order valence-electron chi connectivity index (χ2n) is 6.46. The van der Waals surface area contributed by atoms with Gasteiger partial charge in [-0.25, -0.2) is 9.97 Å². The summed E-state index contributed by atoms with van der Waals surface area (Å²) in [5, 5.41) is 10.1. The molecule has 4 aromatic rings. The molecule has 5 heteroatoms. The minimum absolute atomic E-state index is 0.0551. The van der Waals surface area contributed by atoms with E-state index in [9.17, 15) is 9.90 Å². The molecule has 0 radical (unpaired) electrons. The summed E-state index contributed by atoms with van der Waals surface area (Å²) in [6.45, 7) is 0. The molecule has 5 rings (SSSR count). The summed E-state index contributed by atoms with van der Waals surface area (Å²) in [6.07, 6.45) is 2.86. The number of fused-ring (bicyclic) bond motifs is 4. The van der Waals surface area contributed by atoms with Gasteiger partial charge >= 0.3 is 0 Å². The molecule has 1 atom stereocenters. The van der Waals surface area contributed by atoms with Gasteiger partial charge in [0.1, 0.15) is 5.75 Å². The van der Waals surface area contributed by atoms with E-state index in [1.54, 1.807) is 12.1 Å². The van der Waals surface area contributed by atoms with Crippen LogP contribution in [0.2, 0.25) is 0 Å². The van der Waals surface area contributed by atoms with Crippen LogP contribution >= 0.6 is 0 Å². The molecule has 2 aromatic heterocycles. The second kappa shape index (κ2) is 5.14. The van der Waals surface area contributed by atoms with Gasteiger partial charge in [-0.1, -0.05) is 30.3 Å². The minimum atomic E-state index is -0.0551. The lowest BCUT2D eigenvalue weighted by Crippen LogP contribution is -2.21. The Bertz CT molecular complexity index is 1150. The van der Waals surface area contributed by atoms with Gasteiger partial charge < -0.3 is 5.11 Å². The fraction of sp³-hybridized carbons (Fsp3) is 0.150. The molecule has 0 aliphatic heterocycles. The number of nitrogens with zero attached hydrogens (tertiary/aromatic N) is 3. The number of hydrogen-bond acceptors (Lipinski definition) is 4. The van der Waals surface area contributed by atoms with E-state index in [4.69, 9.17) is 0 Å². The highest BCUT2D eigenvalue weighted by Gasteiger charge is 2.29. The number of imidazole rings is 1. The number of rotatable bonds is 1. The zero-order valence-corrected chi connectivity index (χ0v) is 13.4. The third kappa shape index (κ3) is 2.12. The van der Waals surface area contributed by atoms with Crippen LogP contribution in [0.3, 0.4) is 0 Å². The van der Waals surface area contributed by atoms with Gasteiger partial charge in [0.25, 0.3) is 0 Å². The Kier molecular flexibility index (Phi) is 2.91. The van der Waals surface area contributed by atoms with Crippen LogP contribution in [0.1, 0.15) is 34.0 Å². The van der Waals surface area contributed by atoms with Gasteiger partial charge in [-0.15, -0.1) is 0 Å². The first kappa shape index (κ1) is 14.2. The number of carbonyl (C=O) groups is 1. The molecular formula is C20H15N3O2. The minimum Gasteiger partial charge on any atom is -0.508 e. The van der Waals surface area contributed by atoms with E-state index >= 15 is 0 Å². The Morgan fingerprint density at radius 3 is 2.68 bits per heavy atom. The summed E-state index contributed by atoms with van der Waals surface area (Å²) in [7, 11) is 0. The zero-order valence-electron chi connectivity index (χ0n) is 13.4. The largest absolute Gasteiger partial charge is 0.508 e. The van der Waals surface area contributed by atoms with Crippen LogP contribution in [0, 0.1) is 0 Å². The fourth-order valence-corrected chi connectivity index (χ4v) is 3.70. The molecule has 0 saturated carbocycles. The van der Waals surface area contributed by atoms with Crippen LogP contribution in [0.5, 0.6) is 5.75 Å². The number of carbonyl (C=O) groups excluding carboxylic acids is 1. The van der Waals surface area contributed by atoms with Gasteiger partial charge in [-0.2, -0.15) is 0 Å². The number of ketones is 1. The molecular weight excluding hydrogens is 314 g/mol. The summed E-state index contributed by atoms with van der Waals surface area (Å²) in [5.74, 6) is 0.837. The standard InChI is InChI=1S/C20H15N3O2/c24-18-8-4-1-5-13(18)12-9-16-14(19(25)10-12)11-23-17-7-3-2-6-15(17)21-20(23)22-16/h1-8,11-12,24H,9-10H2. The monoisotopic (exact) mass is 329 g/mol. The third-order valence-corrected chi connectivity index (χ3v) is 4.93. The van der Waals surface area contributed by atoms with Crippen molar-refractivity contribution in [3.05, 3.63) is 71.5 Å². The van der Waals surface area contributed by atoms with Crippen molar-refractivity contribution < 1.29 is 9.90 Å². The average Bonchev–Trinajstić information content (AvgIpc) is 2.98. The van der Waals surface area contributed by atoms with E-state index in [1.807, 2.05) is 47.0 Å². The molecule has 0 spiro atoms. The SMILES string of the molecule is O=C1CC(c2ccccc2O)Cc2nc3nc4ccccc4n3cc21. The van der Waals surface area contributed by atoms with Crippen LogP contribution in [0.4, 0.5) is 0 Å². The van der Waals surface area contributed by atoms with E-state index in [-0.39, 0.29) is 17.5 Å². The summed E-state index contributed by atoms with van der Waals surface area (Å²) >= 11 is 0. The number of hydrogen-bond donors (Lipinski definition) is 1. The van der Waals surface area contributed by atoms with E-state index in [2.05, 4.69) is 9.97 Å². The van der Waals surface area contributed by atoms with Gasteiger partial charge in [0.15, 0.2) is 5.78 Å². The number of para-hydroxylation sites is 3. The predicted molar refractivity (Wildman–Crippen MR) is 94.0 cm³/mol. The van der Waals surface area contributed by atoms with E-state index in [1.165, 1.54) is 0 Å². The molecule has 0 bridgehead atoms. The first-order chi connectivity index (χ1) is 12.2. The molecule has 2 aromatic carbocycles. The Balaban J connectivity index is 1.66. The van der Waals surface area contributed by atoms with Crippen LogP contribution < -0.4 is 0 Å². The molecule has 5 nitrogen and oxygen atoms in total. The Labute approximate surface area is 143 Å². The Morgan fingerprint density at radius 2 is 1.80 bits per heavy atom. The molecule has 1 N–H and O–H groups in total. The first-order valence-corrected chi connectivity index (χ1v) is 8.28. The molecule has 25 heavy (non-hydrogen) atoms. The zero-order chi connectivity index (χ0) is 17.0. The number of benzene rings is 2. The lowest BCUT2D eigenvalue weighted by atomic mass is 9.82. The number of phenols is 1. The number of aromatic hydroxyl groups is 1. The van der Waals surface area contributed by atoms with Gasteiger partial charge in [0.05, 0.1) is 22.3 Å². The predicted octanol–water partition coefficient (Wildman–Crippen LogP) is 3.50. The molecule has 1 aliphatic rings. The molecule has 2 heterocycles. The molecule has 1 aliphatic carbocycles. The highest BCUT2D eigenvalue weighted by molar-refractivity contribution is 5.99. The highest BCUT2D eigenvalue weighted by Crippen LogP contribution is 2.36. The molecule has 1 unspecified atom stereocenters. The van der Waals surface area contributed by atoms with E-state index < -0.39 is 0 Å². The van der Waals surface area contributed by atoms with E-state index in [0.717, 1.165) is 22.3 Å². The van der Waals surface area contributed by atoms with Crippen LogP contribution in [-0.2, 0) is 6.42 Å². The quantitative estimate of drug-likeness (QED) is 0.580. The van der Waals surface area contributed by atoms with Gasteiger partial charge in [0, 0.05) is 18.5 Å². The summed E-state index contributed by atoms with van der Waals surface area (Å²) in [4.78, 5) is 21.9. The number of aromatic nitrogens is 3. The van der Waals surface area contributed by atoms with Crippen LogP contribution in [0.25, 0.3) is 16.8 Å². The van der Waals surface area contributed by atoms with Crippen molar-refractivity contribution in [1.29, 1.82) is 0 Å². The van der Waals surface area contributed by atoms with Gasteiger partial charge in [0.2, 0.25) is 5.78 Å². The van der Waals surface area contributed by atoms with Crippen molar-refractivity contribution in [3.8, 4) is 5.75 Å². The number of Topliss-reactive ketones (excluding diaryl/α,β-unsaturated/α-hetero) is 1. The Morgan fingerprint density at radius 1 is 1.00 bits per heavy atom.